The molecule has 0 radical (unpaired) electrons. The van der Waals surface area contributed by atoms with Crippen molar-refractivity contribution in [2.24, 2.45) is 0 Å². The minimum absolute atomic E-state index is 0.0860. The summed E-state index contributed by atoms with van der Waals surface area (Å²) in [5, 5.41) is 33.1. The van der Waals surface area contributed by atoms with Crippen molar-refractivity contribution in [3.63, 3.8) is 0 Å². The van der Waals surface area contributed by atoms with Crippen molar-refractivity contribution in [3.05, 3.63) is 95.6 Å². The van der Waals surface area contributed by atoms with Gasteiger partial charge in [0.15, 0.2) is 0 Å². The molecule has 6 rings (SSSR count). The lowest BCUT2D eigenvalue weighted by Crippen LogP contribution is -1.99. The van der Waals surface area contributed by atoms with Gasteiger partial charge in [-0.3, -0.25) is 0 Å². The van der Waals surface area contributed by atoms with Gasteiger partial charge in [-0.25, -0.2) is 14.4 Å². The zero-order chi connectivity index (χ0) is 28.7. The van der Waals surface area contributed by atoms with E-state index in [1.807, 2.05) is 54.6 Å². The van der Waals surface area contributed by atoms with Crippen LogP contribution in [0.2, 0.25) is 0 Å². The quantitative estimate of drug-likeness (QED) is 0.161. The van der Waals surface area contributed by atoms with E-state index in [0.717, 1.165) is 31.3 Å². The summed E-state index contributed by atoms with van der Waals surface area (Å²) < 4.78 is 0. The van der Waals surface area contributed by atoms with Crippen LogP contribution in [0.5, 0.6) is 0 Å². The Labute approximate surface area is 257 Å². The summed E-state index contributed by atoms with van der Waals surface area (Å²) in [4.78, 5) is 40.6. The van der Waals surface area contributed by atoms with Crippen molar-refractivity contribution in [1.29, 1.82) is 0 Å². The standard InChI is InChI=1S/C29H16O6S6/c30-27(31)16-7-17-11-18(8-16)37-41-26-13-20-15(10-22(26)29(34)35)4-2-6-24(20)39-38-23-5-1-3-14-9-21(28(32)33)25(40-36-17)12-19(14)23/h1-13H,(H,30,31)(H,32,33)(H,34,35). The summed E-state index contributed by atoms with van der Waals surface area (Å²) in [6.45, 7) is 0. The molecule has 0 unspecified atom stereocenters. The molecule has 0 spiro atoms. The van der Waals surface area contributed by atoms with Crippen molar-refractivity contribution >= 4 is 104 Å². The predicted octanol–water partition coefficient (Wildman–Crippen LogP) is 9.80. The number of carboxylic acids is 3. The van der Waals surface area contributed by atoms with Crippen molar-refractivity contribution < 1.29 is 29.7 Å². The molecule has 1 aliphatic rings. The number of fused-ring (bicyclic) bond motifs is 4. The predicted molar refractivity (Wildman–Crippen MR) is 170 cm³/mol. The van der Waals surface area contributed by atoms with Crippen LogP contribution in [0.15, 0.2) is 108 Å². The van der Waals surface area contributed by atoms with Crippen LogP contribution in [-0.2, 0) is 0 Å². The van der Waals surface area contributed by atoms with E-state index in [1.165, 1.54) is 43.2 Å². The highest BCUT2D eigenvalue weighted by molar-refractivity contribution is 8.77. The zero-order valence-corrected chi connectivity index (χ0v) is 25.4. The monoisotopic (exact) mass is 652 g/mol. The first-order valence-electron chi connectivity index (χ1n) is 11.8. The van der Waals surface area contributed by atoms with E-state index < -0.39 is 17.9 Å². The summed E-state index contributed by atoms with van der Waals surface area (Å²) in [6, 6.07) is 23.6. The van der Waals surface area contributed by atoms with E-state index in [2.05, 4.69) is 0 Å². The van der Waals surface area contributed by atoms with Gasteiger partial charge in [0.2, 0.25) is 0 Å². The van der Waals surface area contributed by atoms with E-state index in [-0.39, 0.29) is 16.7 Å². The molecular formula is C29H16O6S6. The zero-order valence-electron chi connectivity index (χ0n) is 20.5. The lowest BCUT2D eigenvalue weighted by molar-refractivity contribution is 0.0682. The Balaban J connectivity index is 1.56. The molecule has 0 saturated heterocycles. The third kappa shape index (κ3) is 5.90. The first kappa shape index (κ1) is 28.3. The largest absolute Gasteiger partial charge is 0.478 e. The van der Waals surface area contributed by atoms with Crippen molar-refractivity contribution in [2.45, 2.75) is 29.4 Å². The number of hydrogen-bond acceptors (Lipinski definition) is 9. The van der Waals surface area contributed by atoms with Crippen LogP contribution in [0.4, 0.5) is 0 Å². The minimum atomic E-state index is -1.09. The molecule has 6 nitrogen and oxygen atoms in total. The molecule has 0 atom stereocenters. The maximum absolute atomic E-state index is 12.2. The normalized spacial score (nSPS) is 13.4. The Morgan fingerprint density at radius 1 is 0.463 bits per heavy atom. The fourth-order valence-corrected chi connectivity index (χ4v) is 11.1. The van der Waals surface area contributed by atoms with Gasteiger partial charge in [-0.2, -0.15) is 0 Å². The maximum atomic E-state index is 12.2. The van der Waals surface area contributed by atoms with Gasteiger partial charge in [-0.05, 0) is 76.1 Å². The molecule has 1 aliphatic heterocycles. The van der Waals surface area contributed by atoms with Gasteiger partial charge < -0.3 is 15.3 Å². The second-order valence-electron chi connectivity index (χ2n) is 8.76. The molecule has 3 N–H and O–H groups in total. The van der Waals surface area contributed by atoms with Gasteiger partial charge in [0.1, 0.15) is 0 Å². The van der Waals surface area contributed by atoms with Gasteiger partial charge in [0, 0.05) is 29.4 Å². The SMILES string of the molecule is O=C(O)c1cc2cc(c1)SSc1cc3c(cccc3cc1C(=O)O)SSc1cccc3cc(C(=O)O)c(cc13)SS2. The second kappa shape index (κ2) is 11.8. The molecule has 0 fully saturated rings. The Hall–Kier alpha value is -2.87. The molecular weight excluding hydrogens is 637 g/mol. The molecule has 41 heavy (non-hydrogen) atoms. The van der Waals surface area contributed by atoms with E-state index in [0.29, 0.717) is 19.6 Å². The van der Waals surface area contributed by atoms with Gasteiger partial charge >= 0.3 is 17.9 Å². The molecule has 12 heteroatoms. The molecule has 0 saturated carbocycles. The highest BCUT2D eigenvalue weighted by atomic mass is 33.1. The van der Waals surface area contributed by atoms with Crippen LogP contribution in [0.1, 0.15) is 31.1 Å². The van der Waals surface area contributed by atoms with Crippen molar-refractivity contribution in [3.8, 4) is 0 Å². The molecule has 1 heterocycles. The van der Waals surface area contributed by atoms with Crippen LogP contribution < -0.4 is 0 Å². The third-order valence-electron chi connectivity index (χ3n) is 6.15. The first-order chi connectivity index (χ1) is 19.8. The fourth-order valence-electron chi connectivity index (χ4n) is 4.24. The Morgan fingerprint density at radius 2 is 0.902 bits per heavy atom. The molecule has 204 valence electrons. The maximum Gasteiger partial charge on any atom is 0.336 e. The lowest BCUT2D eigenvalue weighted by atomic mass is 10.1. The molecule has 0 amide bonds. The number of rotatable bonds is 3. The van der Waals surface area contributed by atoms with Crippen LogP contribution in [0, 0.1) is 0 Å². The molecule has 5 aromatic rings. The van der Waals surface area contributed by atoms with Crippen LogP contribution in [0.25, 0.3) is 21.5 Å². The van der Waals surface area contributed by atoms with Crippen LogP contribution >= 0.6 is 64.8 Å². The molecule has 5 aromatic carbocycles. The van der Waals surface area contributed by atoms with Gasteiger partial charge in [0.05, 0.1) is 16.7 Å². The highest BCUT2D eigenvalue weighted by Gasteiger charge is 2.19. The number of benzene rings is 5. The van der Waals surface area contributed by atoms with Crippen molar-refractivity contribution in [2.75, 3.05) is 0 Å². The Kier molecular flexibility index (Phi) is 8.12. The lowest BCUT2D eigenvalue weighted by Gasteiger charge is -2.12. The summed E-state index contributed by atoms with van der Waals surface area (Å²) >= 11 is 0. The number of hydrogen-bond donors (Lipinski definition) is 3. The van der Waals surface area contributed by atoms with E-state index in [4.69, 9.17) is 0 Å². The number of carboxylic acid groups (broad SMARTS) is 3. The minimum Gasteiger partial charge on any atom is -0.478 e. The van der Waals surface area contributed by atoms with Crippen molar-refractivity contribution in [1.82, 2.24) is 0 Å². The fraction of sp³-hybridized carbons (Fsp3) is 0. The first-order valence-corrected chi connectivity index (χ1v) is 18.2. The third-order valence-corrected chi connectivity index (χ3v) is 13.4. The summed E-state index contributed by atoms with van der Waals surface area (Å²) in [5.41, 5.74) is 0.427. The highest BCUT2D eigenvalue weighted by Crippen LogP contribution is 2.49. The molecule has 0 aromatic heterocycles. The van der Waals surface area contributed by atoms with E-state index in [9.17, 15) is 29.7 Å². The van der Waals surface area contributed by atoms with Gasteiger partial charge in [-0.1, -0.05) is 89.0 Å². The van der Waals surface area contributed by atoms with E-state index >= 15 is 0 Å². The number of carbonyl (C=O) groups is 3. The summed E-state index contributed by atoms with van der Waals surface area (Å²) in [6.07, 6.45) is 0. The average Bonchev–Trinajstić information content (AvgIpc) is 2.96. The van der Waals surface area contributed by atoms with Crippen LogP contribution in [-0.4, -0.2) is 33.2 Å². The second-order valence-corrected chi connectivity index (χ2v) is 15.5. The number of aromatic carboxylic acids is 3. The van der Waals surface area contributed by atoms with Gasteiger partial charge in [0.25, 0.3) is 0 Å². The van der Waals surface area contributed by atoms with Crippen LogP contribution in [0.3, 0.4) is 0 Å². The molecule has 0 aliphatic carbocycles. The smallest absolute Gasteiger partial charge is 0.336 e. The summed E-state index contributed by atoms with van der Waals surface area (Å²) in [7, 11) is 8.18. The van der Waals surface area contributed by atoms with Gasteiger partial charge in [-0.15, -0.1) is 0 Å². The van der Waals surface area contributed by atoms with E-state index in [1.54, 1.807) is 45.9 Å². The Bertz CT molecular complexity index is 1780. The average molecular weight is 653 g/mol. The summed E-state index contributed by atoms with van der Waals surface area (Å²) in [5.74, 6) is -3.17. The topological polar surface area (TPSA) is 112 Å². The Morgan fingerprint density at radius 3 is 1.32 bits per heavy atom. The molecule has 6 bridgehead atoms.